The second kappa shape index (κ2) is 7.82. The minimum Gasteiger partial charge on any atom is -0.466 e. The predicted octanol–water partition coefficient (Wildman–Crippen LogP) is 2.96. The standard InChI is InChI=1S/C20H25N3O4/c1-4-10-23-12(2)16(19(25)27-3)17(22-20(23)26)14-6-5-7-15(11-14)21-18(24)13-8-9-13/h5-7,11,13,17H,4,8-10H2,1-3H3,(H,21,24)(H,22,26). The molecule has 1 heterocycles. The Balaban J connectivity index is 1.94. The first-order valence-electron chi connectivity index (χ1n) is 9.24. The van der Waals surface area contributed by atoms with Gasteiger partial charge in [-0.1, -0.05) is 19.1 Å². The molecule has 0 bridgehead atoms. The smallest absolute Gasteiger partial charge is 0.337 e. The van der Waals surface area contributed by atoms with E-state index in [1.165, 1.54) is 7.11 Å². The summed E-state index contributed by atoms with van der Waals surface area (Å²) in [5.74, 6) is -0.377. The molecule has 1 aromatic carbocycles. The zero-order valence-corrected chi connectivity index (χ0v) is 15.9. The van der Waals surface area contributed by atoms with Gasteiger partial charge < -0.3 is 15.4 Å². The highest BCUT2D eigenvalue weighted by Gasteiger charge is 2.36. The molecule has 7 nitrogen and oxygen atoms in total. The molecule has 1 aliphatic heterocycles. The van der Waals surface area contributed by atoms with Crippen LogP contribution in [0.1, 0.15) is 44.7 Å². The van der Waals surface area contributed by atoms with Gasteiger partial charge in [-0.05, 0) is 43.9 Å². The highest BCUT2D eigenvalue weighted by atomic mass is 16.5. The summed E-state index contributed by atoms with van der Waals surface area (Å²) in [6.45, 7) is 4.24. The van der Waals surface area contributed by atoms with E-state index in [4.69, 9.17) is 4.74 Å². The molecule has 0 radical (unpaired) electrons. The first-order chi connectivity index (χ1) is 13.0. The molecule has 0 saturated heterocycles. The van der Waals surface area contributed by atoms with Crippen LogP contribution in [0.3, 0.4) is 0 Å². The van der Waals surface area contributed by atoms with Gasteiger partial charge in [0.15, 0.2) is 0 Å². The van der Waals surface area contributed by atoms with Crippen molar-refractivity contribution in [3.8, 4) is 0 Å². The first-order valence-corrected chi connectivity index (χ1v) is 9.24. The number of carbonyl (C=O) groups is 3. The molecule has 0 spiro atoms. The zero-order valence-electron chi connectivity index (χ0n) is 15.9. The number of esters is 1. The highest BCUT2D eigenvalue weighted by Crippen LogP contribution is 2.33. The maximum Gasteiger partial charge on any atom is 0.337 e. The molecule has 1 aromatic rings. The van der Waals surface area contributed by atoms with Crippen LogP contribution in [0.4, 0.5) is 10.5 Å². The van der Waals surface area contributed by atoms with Crippen molar-refractivity contribution >= 4 is 23.6 Å². The number of rotatable bonds is 6. The third kappa shape index (κ3) is 3.97. The Morgan fingerprint density at radius 3 is 2.70 bits per heavy atom. The minimum absolute atomic E-state index is 0.00821. The molecule has 7 heteroatoms. The molecular weight excluding hydrogens is 346 g/mol. The van der Waals surface area contributed by atoms with Crippen molar-refractivity contribution in [2.24, 2.45) is 5.92 Å². The SMILES string of the molecule is CCCN1C(=O)NC(c2cccc(NC(=O)C3CC3)c2)C(C(=O)OC)=C1C. The lowest BCUT2D eigenvalue weighted by Gasteiger charge is -2.35. The lowest BCUT2D eigenvalue weighted by Crippen LogP contribution is -2.48. The summed E-state index contributed by atoms with van der Waals surface area (Å²) in [7, 11) is 1.33. The lowest BCUT2D eigenvalue weighted by atomic mass is 9.94. The van der Waals surface area contributed by atoms with Crippen molar-refractivity contribution in [1.82, 2.24) is 10.2 Å². The van der Waals surface area contributed by atoms with Crippen LogP contribution in [0, 0.1) is 5.92 Å². The molecule has 1 saturated carbocycles. The Hall–Kier alpha value is -2.83. The molecule has 1 atom stereocenters. The Morgan fingerprint density at radius 2 is 2.07 bits per heavy atom. The number of hydrogen-bond acceptors (Lipinski definition) is 4. The summed E-state index contributed by atoms with van der Waals surface area (Å²) in [6, 6.07) is 6.33. The van der Waals surface area contributed by atoms with Gasteiger partial charge >= 0.3 is 12.0 Å². The van der Waals surface area contributed by atoms with E-state index in [-0.39, 0.29) is 17.9 Å². The summed E-state index contributed by atoms with van der Waals surface area (Å²) in [6.07, 6.45) is 2.62. The van der Waals surface area contributed by atoms with Crippen molar-refractivity contribution in [3.05, 3.63) is 41.1 Å². The highest BCUT2D eigenvalue weighted by molar-refractivity contribution is 5.96. The average molecular weight is 371 g/mol. The summed E-state index contributed by atoms with van der Waals surface area (Å²) in [5.41, 5.74) is 2.35. The Kier molecular flexibility index (Phi) is 5.48. The Morgan fingerprint density at radius 1 is 1.33 bits per heavy atom. The molecule has 1 fully saturated rings. The van der Waals surface area contributed by atoms with Crippen LogP contribution in [-0.2, 0) is 14.3 Å². The van der Waals surface area contributed by atoms with E-state index in [1.54, 1.807) is 30.0 Å². The van der Waals surface area contributed by atoms with Crippen molar-refractivity contribution in [2.45, 2.75) is 39.2 Å². The molecule has 2 aliphatic rings. The van der Waals surface area contributed by atoms with E-state index in [9.17, 15) is 14.4 Å². The number of urea groups is 1. The largest absolute Gasteiger partial charge is 0.466 e. The van der Waals surface area contributed by atoms with Crippen LogP contribution in [0.5, 0.6) is 0 Å². The van der Waals surface area contributed by atoms with Gasteiger partial charge in [-0.25, -0.2) is 9.59 Å². The van der Waals surface area contributed by atoms with Crippen LogP contribution >= 0.6 is 0 Å². The fraction of sp³-hybridized carbons (Fsp3) is 0.450. The molecule has 1 aliphatic carbocycles. The molecule has 1 unspecified atom stereocenters. The number of benzene rings is 1. The molecule has 2 N–H and O–H groups in total. The van der Waals surface area contributed by atoms with Crippen molar-refractivity contribution in [3.63, 3.8) is 0 Å². The summed E-state index contributed by atoms with van der Waals surface area (Å²) < 4.78 is 4.96. The number of allylic oxidation sites excluding steroid dienone is 1. The second-order valence-corrected chi connectivity index (χ2v) is 6.91. The molecule has 27 heavy (non-hydrogen) atoms. The van der Waals surface area contributed by atoms with Gasteiger partial charge in [0, 0.05) is 23.8 Å². The molecule has 144 valence electrons. The number of anilines is 1. The van der Waals surface area contributed by atoms with E-state index in [1.807, 2.05) is 13.0 Å². The molecule has 3 amide bonds. The van der Waals surface area contributed by atoms with Gasteiger partial charge in [-0.15, -0.1) is 0 Å². The van der Waals surface area contributed by atoms with Gasteiger partial charge in [0.1, 0.15) is 0 Å². The monoisotopic (exact) mass is 371 g/mol. The fourth-order valence-electron chi connectivity index (χ4n) is 3.28. The zero-order chi connectivity index (χ0) is 19.6. The Labute approximate surface area is 158 Å². The van der Waals surface area contributed by atoms with Crippen molar-refractivity contribution < 1.29 is 19.1 Å². The maximum atomic E-state index is 12.6. The number of methoxy groups -OCH3 is 1. The maximum absolute atomic E-state index is 12.6. The first kappa shape index (κ1) is 18.9. The topological polar surface area (TPSA) is 87.7 Å². The fourth-order valence-corrected chi connectivity index (χ4v) is 3.28. The number of nitrogens with zero attached hydrogens (tertiary/aromatic N) is 1. The van der Waals surface area contributed by atoms with E-state index in [0.29, 0.717) is 29.1 Å². The number of carbonyl (C=O) groups excluding carboxylic acids is 3. The molecule has 3 rings (SSSR count). The normalized spacial score (nSPS) is 19.6. The predicted molar refractivity (Wildman–Crippen MR) is 101 cm³/mol. The minimum atomic E-state index is -0.629. The third-order valence-electron chi connectivity index (χ3n) is 4.88. The quantitative estimate of drug-likeness (QED) is 0.753. The van der Waals surface area contributed by atoms with Gasteiger partial charge in [0.2, 0.25) is 5.91 Å². The van der Waals surface area contributed by atoms with Gasteiger partial charge in [0.25, 0.3) is 0 Å². The van der Waals surface area contributed by atoms with Crippen LogP contribution in [0.25, 0.3) is 0 Å². The number of amides is 3. The third-order valence-corrected chi connectivity index (χ3v) is 4.88. The number of ether oxygens (including phenoxy) is 1. The van der Waals surface area contributed by atoms with E-state index in [2.05, 4.69) is 10.6 Å². The molecular formula is C20H25N3O4. The molecule has 0 aromatic heterocycles. The summed E-state index contributed by atoms with van der Waals surface area (Å²) in [4.78, 5) is 38.6. The summed E-state index contributed by atoms with van der Waals surface area (Å²) in [5, 5.41) is 5.79. The van der Waals surface area contributed by atoms with Gasteiger partial charge in [-0.2, -0.15) is 0 Å². The van der Waals surface area contributed by atoms with Crippen molar-refractivity contribution in [2.75, 3.05) is 19.0 Å². The van der Waals surface area contributed by atoms with Crippen LogP contribution < -0.4 is 10.6 Å². The lowest BCUT2D eigenvalue weighted by molar-refractivity contribution is -0.136. The second-order valence-electron chi connectivity index (χ2n) is 6.91. The van der Waals surface area contributed by atoms with E-state index in [0.717, 1.165) is 19.3 Å². The van der Waals surface area contributed by atoms with Gasteiger partial charge in [-0.3, -0.25) is 9.69 Å². The summed E-state index contributed by atoms with van der Waals surface area (Å²) >= 11 is 0. The van der Waals surface area contributed by atoms with E-state index < -0.39 is 12.0 Å². The van der Waals surface area contributed by atoms with Gasteiger partial charge in [0.05, 0.1) is 18.7 Å². The average Bonchev–Trinajstić information content (AvgIpc) is 3.49. The van der Waals surface area contributed by atoms with Crippen LogP contribution in [0.2, 0.25) is 0 Å². The number of nitrogens with one attached hydrogen (secondary N) is 2. The van der Waals surface area contributed by atoms with Crippen LogP contribution in [-0.4, -0.2) is 36.5 Å². The number of hydrogen-bond donors (Lipinski definition) is 2. The van der Waals surface area contributed by atoms with Crippen LogP contribution in [0.15, 0.2) is 35.5 Å². The van der Waals surface area contributed by atoms with Crippen molar-refractivity contribution in [1.29, 1.82) is 0 Å². The van der Waals surface area contributed by atoms with E-state index >= 15 is 0 Å². The Bertz CT molecular complexity index is 798.